The number of aryl methyl sites for hydroxylation is 1. The molecule has 3 heteroatoms. The van der Waals surface area contributed by atoms with Crippen LogP contribution >= 0.6 is 0 Å². The lowest BCUT2D eigenvalue weighted by Gasteiger charge is -2.46. The third-order valence-electron chi connectivity index (χ3n) is 5.14. The number of hydrogen-bond acceptors (Lipinski definition) is 2. The Labute approximate surface area is 113 Å². The molecule has 1 aromatic rings. The van der Waals surface area contributed by atoms with E-state index in [1.165, 1.54) is 18.4 Å². The lowest BCUT2D eigenvalue weighted by molar-refractivity contribution is -0.180. The topological polar surface area (TPSA) is 21.3 Å². The normalized spacial score (nSPS) is 32.1. The van der Waals surface area contributed by atoms with Crippen molar-refractivity contribution >= 4 is 0 Å². The number of halogens is 1. The molecule has 1 saturated carbocycles. The molecule has 1 heterocycles. The van der Waals surface area contributed by atoms with Crippen LogP contribution in [0.25, 0.3) is 0 Å². The second kappa shape index (κ2) is 4.03. The molecule has 4 rings (SSSR count). The molecule has 1 saturated heterocycles. The molecule has 0 amide bonds. The quantitative estimate of drug-likeness (QED) is 0.775. The van der Waals surface area contributed by atoms with Gasteiger partial charge in [-0.1, -0.05) is 18.9 Å². The average molecular weight is 261 g/mol. The van der Waals surface area contributed by atoms with Gasteiger partial charge in [-0.15, -0.1) is 0 Å². The molecule has 102 valence electrons. The van der Waals surface area contributed by atoms with Gasteiger partial charge in [0.05, 0.1) is 5.60 Å². The number of hydrogen-bond donors (Lipinski definition) is 1. The fraction of sp³-hybridized carbons (Fsp3) is 0.625. The third kappa shape index (κ3) is 1.75. The van der Waals surface area contributed by atoms with E-state index in [0.29, 0.717) is 0 Å². The summed E-state index contributed by atoms with van der Waals surface area (Å²) < 4.78 is 20.0. The van der Waals surface area contributed by atoms with Crippen LogP contribution < -0.4 is 5.32 Å². The van der Waals surface area contributed by atoms with Crippen LogP contribution in [0.15, 0.2) is 18.2 Å². The summed E-state index contributed by atoms with van der Waals surface area (Å²) in [6.45, 7) is 1.85. The summed E-state index contributed by atoms with van der Waals surface area (Å²) in [4.78, 5) is 0. The van der Waals surface area contributed by atoms with Crippen LogP contribution in [0.3, 0.4) is 0 Å². The summed E-state index contributed by atoms with van der Waals surface area (Å²) in [6.07, 6.45) is 6.80. The molecule has 1 N–H and O–H groups in total. The molecule has 1 atom stereocenters. The van der Waals surface area contributed by atoms with Crippen LogP contribution in [-0.2, 0) is 16.8 Å². The van der Waals surface area contributed by atoms with Gasteiger partial charge in [0.1, 0.15) is 11.4 Å². The molecule has 2 nitrogen and oxygen atoms in total. The van der Waals surface area contributed by atoms with E-state index in [-0.39, 0.29) is 17.0 Å². The summed E-state index contributed by atoms with van der Waals surface area (Å²) in [6, 6.07) is 5.20. The predicted molar refractivity (Wildman–Crippen MR) is 71.6 cm³/mol. The zero-order chi connectivity index (χ0) is 12.9. The highest BCUT2D eigenvalue weighted by Gasteiger charge is 2.50. The minimum atomic E-state index is -0.203. The van der Waals surface area contributed by atoms with Crippen LogP contribution in [0.4, 0.5) is 4.39 Å². The Morgan fingerprint density at radius 2 is 1.95 bits per heavy atom. The molecule has 0 aromatic heterocycles. The van der Waals surface area contributed by atoms with Crippen molar-refractivity contribution in [2.45, 2.75) is 49.7 Å². The van der Waals surface area contributed by atoms with Crippen molar-refractivity contribution in [1.29, 1.82) is 0 Å². The highest BCUT2D eigenvalue weighted by molar-refractivity contribution is 5.39. The first-order valence-electron chi connectivity index (χ1n) is 7.41. The SMILES string of the molecule is Fc1ccc2c(c1)CCC21CNCC2(CCCC2)O1. The number of benzene rings is 1. The van der Waals surface area contributed by atoms with Crippen molar-refractivity contribution in [3.05, 3.63) is 35.1 Å². The standard InChI is InChI=1S/C16H20FNO/c17-13-3-4-14-12(9-13)5-8-16(14)11-18-10-15(19-16)6-1-2-7-15/h3-4,9,18H,1-2,5-8,10-11H2. The monoisotopic (exact) mass is 261 g/mol. The van der Waals surface area contributed by atoms with Crippen LogP contribution in [0.5, 0.6) is 0 Å². The van der Waals surface area contributed by atoms with Crippen LogP contribution in [0.1, 0.15) is 43.2 Å². The Hall–Kier alpha value is -0.930. The second-order valence-corrected chi connectivity index (χ2v) is 6.39. The van der Waals surface area contributed by atoms with Gasteiger partial charge in [0.25, 0.3) is 0 Å². The third-order valence-corrected chi connectivity index (χ3v) is 5.14. The van der Waals surface area contributed by atoms with Gasteiger partial charge in [0, 0.05) is 13.1 Å². The highest BCUT2D eigenvalue weighted by atomic mass is 19.1. The van der Waals surface area contributed by atoms with Crippen LogP contribution in [-0.4, -0.2) is 18.7 Å². The average Bonchev–Trinajstić information content (AvgIpc) is 2.96. The fourth-order valence-corrected chi connectivity index (χ4v) is 4.25. The second-order valence-electron chi connectivity index (χ2n) is 6.39. The lowest BCUT2D eigenvalue weighted by Crippen LogP contribution is -2.57. The molecule has 3 aliphatic rings. The van der Waals surface area contributed by atoms with Gasteiger partial charge < -0.3 is 10.1 Å². The molecule has 2 spiro atoms. The maximum absolute atomic E-state index is 13.4. The fourth-order valence-electron chi connectivity index (χ4n) is 4.25. The maximum atomic E-state index is 13.4. The van der Waals surface area contributed by atoms with Gasteiger partial charge in [-0.3, -0.25) is 0 Å². The van der Waals surface area contributed by atoms with Gasteiger partial charge in [0.15, 0.2) is 0 Å². The van der Waals surface area contributed by atoms with Crippen molar-refractivity contribution in [2.24, 2.45) is 0 Å². The molecule has 1 aliphatic heterocycles. The number of fused-ring (bicyclic) bond motifs is 2. The van der Waals surface area contributed by atoms with E-state index in [1.54, 1.807) is 12.1 Å². The van der Waals surface area contributed by atoms with Crippen molar-refractivity contribution in [3.63, 3.8) is 0 Å². The largest absolute Gasteiger partial charge is 0.361 e. The van der Waals surface area contributed by atoms with Gasteiger partial charge in [-0.25, -0.2) is 4.39 Å². The van der Waals surface area contributed by atoms with Gasteiger partial charge in [-0.05, 0) is 48.9 Å². The Morgan fingerprint density at radius 1 is 1.11 bits per heavy atom. The summed E-state index contributed by atoms with van der Waals surface area (Å²) in [5, 5.41) is 3.59. The van der Waals surface area contributed by atoms with E-state index >= 15 is 0 Å². The lowest BCUT2D eigenvalue weighted by atomic mass is 9.89. The number of nitrogens with one attached hydrogen (secondary N) is 1. The zero-order valence-electron chi connectivity index (χ0n) is 11.2. The van der Waals surface area contributed by atoms with Gasteiger partial charge in [-0.2, -0.15) is 0 Å². The maximum Gasteiger partial charge on any atom is 0.123 e. The van der Waals surface area contributed by atoms with Crippen molar-refractivity contribution in [3.8, 4) is 0 Å². The van der Waals surface area contributed by atoms with Crippen molar-refractivity contribution < 1.29 is 9.13 Å². The van der Waals surface area contributed by atoms with Crippen molar-refractivity contribution in [2.75, 3.05) is 13.1 Å². The molecule has 1 unspecified atom stereocenters. The first-order valence-corrected chi connectivity index (χ1v) is 7.41. The molecule has 0 radical (unpaired) electrons. The van der Waals surface area contributed by atoms with Gasteiger partial charge >= 0.3 is 0 Å². The Balaban J connectivity index is 1.72. The minimum Gasteiger partial charge on any atom is -0.361 e. The zero-order valence-corrected chi connectivity index (χ0v) is 11.2. The molecular weight excluding hydrogens is 241 g/mol. The minimum absolute atomic E-state index is 0.0360. The highest BCUT2D eigenvalue weighted by Crippen LogP contribution is 2.48. The van der Waals surface area contributed by atoms with E-state index < -0.39 is 0 Å². The van der Waals surface area contributed by atoms with E-state index in [0.717, 1.165) is 44.3 Å². The molecule has 0 bridgehead atoms. The first kappa shape index (κ1) is 11.9. The Morgan fingerprint density at radius 3 is 2.79 bits per heavy atom. The summed E-state index contributed by atoms with van der Waals surface area (Å²) in [5.74, 6) is -0.129. The number of rotatable bonds is 0. The van der Waals surface area contributed by atoms with Gasteiger partial charge in [0.2, 0.25) is 0 Å². The smallest absolute Gasteiger partial charge is 0.123 e. The Kier molecular flexibility index (Phi) is 2.52. The predicted octanol–water partition coefficient (Wildman–Crippen LogP) is 2.90. The molecule has 2 fully saturated rings. The molecule has 19 heavy (non-hydrogen) atoms. The number of ether oxygens (including phenoxy) is 1. The van der Waals surface area contributed by atoms with E-state index in [9.17, 15) is 4.39 Å². The van der Waals surface area contributed by atoms with E-state index in [4.69, 9.17) is 4.74 Å². The molecular formula is C16H20FNO. The summed E-state index contributed by atoms with van der Waals surface area (Å²) >= 11 is 0. The Bertz CT molecular complexity index is 509. The van der Waals surface area contributed by atoms with Crippen LogP contribution in [0.2, 0.25) is 0 Å². The van der Waals surface area contributed by atoms with E-state index in [2.05, 4.69) is 5.32 Å². The van der Waals surface area contributed by atoms with Crippen molar-refractivity contribution in [1.82, 2.24) is 5.32 Å². The summed E-state index contributed by atoms with van der Waals surface area (Å²) in [7, 11) is 0. The molecule has 2 aliphatic carbocycles. The van der Waals surface area contributed by atoms with Crippen LogP contribution in [0, 0.1) is 5.82 Å². The molecule has 1 aromatic carbocycles. The first-order chi connectivity index (χ1) is 9.22. The number of morpholine rings is 1. The summed E-state index contributed by atoms with van der Waals surface area (Å²) in [5.41, 5.74) is 2.18. The van der Waals surface area contributed by atoms with E-state index in [1.807, 2.05) is 6.07 Å².